The molecule has 0 amide bonds. The summed E-state index contributed by atoms with van der Waals surface area (Å²) in [6.07, 6.45) is 5.88. The summed E-state index contributed by atoms with van der Waals surface area (Å²) in [5.74, 6) is -1.34. The van der Waals surface area contributed by atoms with Gasteiger partial charge in [0.2, 0.25) is 0 Å². The van der Waals surface area contributed by atoms with Gasteiger partial charge in [0.05, 0.1) is 0 Å². The number of hydrogen-bond acceptors (Lipinski definition) is 5. The zero-order chi connectivity index (χ0) is 20.1. The Morgan fingerprint density at radius 3 is 2.19 bits per heavy atom. The number of allylic oxidation sites excluding steroid dienone is 2. The first-order valence-electron chi connectivity index (χ1n) is 8.45. The number of hydrogen-bond donors (Lipinski definition) is 2. The topological polar surface area (TPSA) is 109 Å². The van der Waals surface area contributed by atoms with Gasteiger partial charge in [0.25, 0.3) is 0 Å². The van der Waals surface area contributed by atoms with Gasteiger partial charge in [-0.2, -0.15) is 0 Å². The number of Topliss-reactive ketones (excluding diaryl/α,β-unsaturated/α-hetero) is 1. The van der Waals surface area contributed by atoms with Gasteiger partial charge in [0.15, 0.2) is 15.6 Å². The predicted octanol–water partition coefficient (Wildman–Crippen LogP) is 2.20. The van der Waals surface area contributed by atoms with Crippen LogP contribution < -0.4 is 0 Å². The summed E-state index contributed by atoms with van der Waals surface area (Å²) in [5, 5.41) is 20.3. The van der Waals surface area contributed by atoms with Crippen LogP contribution >= 0.6 is 0 Å². The average molecular weight is 382 g/mol. The number of carbonyl (C=O) groups excluding carboxylic acids is 1. The Bertz CT molecular complexity index is 852. The third-order valence-corrected chi connectivity index (χ3v) is 7.70. The fraction of sp³-hybridized carbons (Fsp3) is 0.579. The molecule has 0 aliphatic heterocycles. The van der Waals surface area contributed by atoms with E-state index in [4.69, 9.17) is 5.11 Å². The molecule has 1 atom stereocenters. The molecule has 2 N–H and O–H groups in total. The molecule has 0 aromatic heterocycles. The maximum atomic E-state index is 12.8. The number of carboxylic acids is 1. The third kappa shape index (κ3) is 3.18. The highest BCUT2D eigenvalue weighted by atomic mass is 32.2. The summed E-state index contributed by atoms with van der Waals surface area (Å²) < 4.78 is 23.4. The van der Waals surface area contributed by atoms with Crippen molar-refractivity contribution in [3.8, 4) is 0 Å². The van der Waals surface area contributed by atoms with E-state index in [1.54, 1.807) is 27.7 Å². The maximum Gasteiger partial charge on any atom is 0.328 e. The van der Waals surface area contributed by atoms with Crippen LogP contribution in [0.25, 0.3) is 0 Å². The Morgan fingerprint density at radius 1 is 1.23 bits per heavy atom. The van der Waals surface area contributed by atoms with E-state index in [2.05, 4.69) is 0 Å². The summed E-state index contributed by atoms with van der Waals surface area (Å²) in [7, 11) is -3.49. The van der Waals surface area contributed by atoms with E-state index in [0.717, 1.165) is 12.3 Å². The van der Waals surface area contributed by atoms with Gasteiger partial charge in [-0.3, -0.25) is 4.79 Å². The van der Waals surface area contributed by atoms with Gasteiger partial charge in [0.1, 0.15) is 10.3 Å². The second-order valence-electron chi connectivity index (χ2n) is 8.08. The monoisotopic (exact) mass is 382 g/mol. The highest BCUT2D eigenvalue weighted by Crippen LogP contribution is 2.57. The molecule has 2 aliphatic carbocycles. The fourth-order valence-electron chi connectivity index (χ4n) is 3.89. The van der Waals surface area contributed by atoms with Gasteiger partial charge in [0, 0.05) is 29.7 Å². The van der Waals surface area contributed by atoms with E-state index in [-0.39, 0.29) is 17.8 Å². The molecule has 2 rings (SSSR count). The van der Waals surface area contributed by atoms with Crippen molar-refractivity contribution in [3.05, 3.63) is 34.9 Å². The average Bonchev–Trinajstić information content (AvgIpc) is 3.23. The van der Waals surface area contributed by atoms with Crippen LogP contribution in [-0.4, -0.2) is 47.0 Å². The van der Waals surface area contributed by atoms with Crippen molar-refractivity contribution < 1.29 is 28.2 Å². The minimum atomic E-state index is -3.49. The maximum absolute atomic E-state index is 12.8. The van der Waals surface area contributed by atoms with Gasteiger partial charge in [-0.1, -0.05) is 19.9 Å². The largest absolute Gasteiger partial charge is 0.478 e. The molecule has 1 unspecified atom stereocenters. The molecule has 0 heterocycles. The third-order valence-electron chi connectivity index (χ3n) is 5.67. The molecule has 0 aromatic carbocycles. The number of sulfone groups is 1. The van der Waals surface area contributed by atoms with Crippen LogP contribution in [-0.2, 0) is 19.4 Å². The van der Waals surface area contributed by atoms with Crippen LogP contribution in [0.2, 0.25) is 0 Å². The number of aliphatic carboxylic acids is 1. The Labute approximate surface area is 154 Å². The Hall–Kier alpha value is -1.73. The molecule has 2 aliphatic rings. The van der Waals surface area contributed by atoms with Gasteiger partial charge < -0.3 is 10.2 Å². The molecule has 0 saturated heterocycles. The molecule has 26 heavy (non-hydrogen) atoms. The summed E-state index contributed by atoms with van der Waals surface area (Å²) in [4.78, 5) is 23.6. The molecule has 0 radical (unpaired) electrons. The number of aliphatic hydroxyl groups is 1. The lowest BCUT2D eigenvalue weighted by atomic mass is 9.61. The van der Waals surface area contributed by atoms with Crippen LogP contribution in [0.3, 0.4) is 0 Å². The van der Waals surface area contributed by atoms with Gasteiger partial charge in [-0.25, -0.2) is 13.2 Å². The van der Waals surface area contributed by atoms with Crippen molar-refractivity contribution in [1.29, 1.82) is 0 Å². The smallest absolute Gasteiger partial charge is 0.328 e. The lowest BCUT2D eigenvalue weighted by molar-refractivity contribution is -0.131. The first kappa shape index (κ1) is 20.6. The van der Waals surface area contributed by atoms with Crippen molar-refractivity contribution in [2.75, 3.05) is 6.26 Å². The summed E-state index contributed by atoms with van der Waals surface area (Å²) in [6.45, 7) is 6.67. The van der Waals surface area contributed by atoms with E-state index in [1.165, 1.54) is 12.2 Å². The van der Waals surface area contributed by atoms with Gasteiger partial charge in [-0.15, -0.1) is 0 Å². The number of carboxylic acid groups (broad SMARTS) is 1. The zero-order valence-electron chi connectivity index (χ0n) is 15.8. The van der Waals surface area contributed by atoms with E-state index < -0.39 is 31.6 Å². The first-order valence-corrected chi connectivity index (χ1v) is 10.3. The molecule has 7 heteroatoms. The molecule has 0 spiro atoms. The summed E-state index contributed by atoms with van der Waals surface area (Å²) >= 11 is 0. The lowest BCUT2D eigenvalue weighted by Crippen LogP contribution is -2.51. The minimum Gasteiger partial charge on any atom is -0.478 e. The normalized spacial score (nSPS) is 28.5. The van der Waals surface area contributed by atoms with Crippen molar-refractivity contribution >= 4 is 21.6 Å². The van der Waals surface area contributed by atoms with Crippen LogP contribution in [0.15, 0.2) is 34.9 Å². The Kier molecular flexibility index (Phi) is 4.88. The summed E-state index contributed by atoms with van der Waals surface area (Å²) in [6, 6.07) is 0. The van der Waals surface area contributed by atoms with E-state index in [9.17, 15) is 23.1 Å². The van der Waals surface area contributed by atoms with Crippen LogP contribution in [0.4, 0.5) is 0 Å². The highest BCUT2D eigenvalue weighted by molar-refractivity contribution is 7.92. The fourth-order valence-corrected chi connectivity index (χ4v) is 5.37. The number of ketones is 1. The molecule has 6 nitrogen and oxygen atoms in total. The Balaban J connectivity index is 2.65. The van der Waals surface area contributed by atoms with Crippen molar-refractivity contribution in [2.24, 2.45) is 5.41 Å². The zero-order valence-corrected chi connectivity index (χ0v) is 16.6. The molecule has 144 valence electrons. The second kappa shape index (κ2) is 6.16. The van der Waals surface area contributed by atoms with Crippen molar-refractivity contribution in [2.45, 2.75) is 57.3 Å². The SMILES string of the molecule is CC1=C(C2(S(C)(=O)=O)CC2)C(=O)CC(C)(C)C1(O)/C=C/C(C)=C\C(=O)O. The second-order valence-corrected chi connectivity index (χ2v) is 10.4. The van der Waals surface area contributed by atoms with Gasteiger partial charge in [-0.05, 0) is 43.9 Å². The summed E-state index contributed by atoms with van der Waals surface area (Å²) in [5.41, 5.74) is -1.44. The standard InChI is InChI=1S/C19H26O6S/c1-12(10-15(21)22)6-7-19(23)13(2)16(14(20)11-17(19,3)4)18(8-9-18)26(5,24)25/h6-7,10,23H,8-9,11H2,1-5H3,(H,21,22)/b7-6+,12-10-. The molecule has 1 fully saturated rings. The molecule has 0 aromatic rings. The highest BCUT2D eigenvalue weighted by Gasteiger charge is 2.62. The molecule has 1 saturated carbocycles. The number of rotatable bonds is 5. The van der Waals surface area contributed by atoms with Crippen LogP contribution in [0.1, 0.15) is 47.0 Å². The molecular formula is C19H26O6S. The minimum absolute atomic E-state index is 0.0134. The predicted molar refractivity (Wildman–Crippen MR) is 98.4 cm³/mol. The van der Waals surface area contributed by atoms with Crippen molar-refractivity contribution in [3.63, 3.8) is 0 Å². The first-order chi connectivity index (χ1) is 11.7. The van der Waals surface area contributed by atoms with Crippen LogP contribution in [0.5, 0.6) is 0 Å². The van der Waals surface area contributed by atoms with E-state index in [0.29, 0.717) is 24.0 Å². The van der Waals surface area contributed by atoms with Crippen LogP contribution in [0, 0.1) is 5.41 Å². The number of carbonyl (C=O) groups is 2. The lowest BCUT2D eigenvalue weighted by Gasteiger charge is -2.46. The van der Waals surface area contributed by atoms with Crippen molar-refractivity contribution in [1.82, 2.24) is 0 Å². The molecule has 0 bridgehead atoms. The molecular weight excluding hydrogens is 356 g/mol. The quantitative estimate of drug-likeness (QED) is 0.557. The van der Waals surface area contributed by atoms with E-state index >= 15 is 0 Å². The van der Waals surface area contributed by atoms with Gasteiger partial charge >= 0.3 is 5.97 Å². The van der Waals surface area contributed by atoms with E-state index in [1.807, 2.05) is 0 Å². The Morgan fingerprint density at radius 2 is 1.77 bits per heavy atom.